The van der Waals surface area contributed by atoms with Gasteiger partial charge in [-0.15, -0.1) is 0 Å². The van der Waals surface area contributed by atoms with Gasteiger partial charge in [-0.2, -0.15) is 12.6 Å². The fourth-order valence-corrected chi connectivity index (χ4v) is 1.54. The molecule has 10 heavy (non-hydrogen) atoms. The summed E-state index contributed by atoms with van der Waals surface area (Å²) in [4.78, 5) is 0. The third kappa shape index (κ3) is 3.47. The molecule has 0 aliphatic rings. The van der Waals surface area contributed by atoms with Crippen LogP contribution >= 0.6 is 12.6 Å². The standard InChI is InChI=1S/C8H18OS/c1-3-8(4-5-10)7(2)6-9/h7-10H,3-6H2,1-2H3. The van der Waals surface area contributed by atoms with Gasteiger partial charge in [0.1, 0.15) is 0 Å². The zero-order valence-corrected chi connectivity index (χ0v) is 7.77. The highest BCUT2D eigenvalue weighted by Crippen LogP contribution is 2.18. The van der Waals surface area contributed by atoms with E-state index in [1.807, 2.05) is 0 Å². The first-order valence-corrected chi connectivity index (χ1v) is 4.61. The van der Waals surface area contributed by atoms with Crippen molar-refractivity contribution in [1.29, 1.82) is 0 Å². The predicted octanol–water partition coefficient (Wildman–Crippen LogP) is 1.96. The molecule has 0 bridgehead atoms. The first kappa shape index (κ1) is 10.3. The van der Waals surface area contributed by atoms with Gasteiger partial charge >= 0.3 is 0 Å². The SMILES string of the molecule is CCC(CCS)C(C)CO. The lowest BCUT2D eigenvalue weighted by Crippen LogP contribution is -2.14. The summed E-state index contributed by atoms with van der Waals surface area (Å²) >= 11 is 4.17. The topological polar surface area (TPSA) is 20.2 Å². The van der Waals surface area contributed by atoms with Crippen molar-refractivity contribution in [2.24, 2.45) is 11.8 Å². The van der Waals surface area contributed by atoms with Crippen molar-refractivity contribution in [2.75, 3.05) is 12.4 Å². The molecule has 2 atom stereocenters. The second-order valence-electron chi connectivity index (χ2n) is 2.84. The van der Waals surface area contributed by atoms with Crippen LogP contribution in [0.1, 0.15) is 26.7 Å². The quantitative estimate of drug-likeness (QED) is 0.592. The van der Waals surface area contributed by atoms with Crippen molar-refractivity contribution in [1.82, 2.24) is 0 Å². The fourth-order valence-electron chi connectivity index (χ4n) is 1.21. The highest BCUT2D eigenvalue weighted by Gasteiger charge is 2.12. The van der Waals surface area contributed by atoms with Crippen LogP contribution in [0.15, 0.2) is 0 Å². The Balaban J connectivity index is 3.56. The van der Waals surface area contributed by atoms with E-state index in [-0.39, 0.29) is 0 Å². The number of thiol groups is 1. The first-order chi connectivity index (χ1) is 4.76. The zero-order valence-electron chi connectivity index (χ0n) is 6.88. The van der Waals surface area contributed by atoms with Crippen molar-refractivity contribution in [3.05, 3.63) is 0 Å². The minimum Gasteiger partial charge on any atom is -0.396 e. The van der Waals surface area contributed by atoms with Gasteiger partial charge in [0.2, 0.25) is 0 Å². The molecule has 2 unspecified atom stereocenters. The maximum absolute atomic E-state index is 8.84. The molecule has 0 aliphatic heterocycles. The van der Waals surface area contributed by atoms with E-state index in [1.165, 1.54) is 0 Å². The van der Waals surface area contributed by atoms with Crippen LogP contribution in [0.2, 0.25) is 0 Å². The molecule has 0 fully saturated rings. The van der Waals surface area contributed by atoms with Crippen LogP contribution in [0.5, 0.6) is 0 Å². The summed E-state index contributed by atoms with van der Waals surface area (Å²) < 4.78 is 0. The Hall–Kier alpha value is 0.310. The molecule has 0 rings (SSSR count). The summed E-state index contributed by atoms with van der Waals surface area (Å²) in [7, 11) is 0. The Bertz CT molecular complexity index is 75.7. The number of hydrogen-bond donors (Lipinski definition) is 2. The van der Waals surface area contributed by atoms with Gasteiger partial charge in [-0.25, -0.2) is 0 Å². The number of aliphatic hydroxyl groups is 1. The van der Waals surface area contributed by atoms with Crippen LogP contribution in [0.4, 0.5) is 0 Å². The second kappa shape index (κ2) is 6.05. The van der Waals surface area contributed by atoms with Gasteiger partial charge in [-0.05, 0) is 24.0 Å². The Kier molecular flexibility index (Phi) is 6.24. The summed E-state index contributed by atoms with van der Waals surface area (Å²) in [6.45, 7) is 4.57. The molecular weight excluding hydrogens is 144 g/mol. The highest BCUT2D eigenvalue weighted by molar-refractivity contribution is 7.80. The van der Waals surface area contributed by atoms with Gasteiger partial charge in [0.15, 0.2) is 0 Å². The van der Waals surface area contributed by atoms with Gasteiger partial charge in [-0.3, -0.25) is 0 Å². The van der Waals surface area contributed by atoms with Gasteiger partial charge in [0.05, 0.1) is 0 Å². The molecular formula is C8H18OS. The summed E-state index contributed by atoms with van der Waals surface area (Å²) in [5, 5.41) is 8.84. The molecule has 1 nitrogen and oxygen atoms in total. The summed E-state index contributed by atoms with van der Waals surface area (Å²) in [5.41, 5.74) is 0. The van der Waals surface area contributed by atoms with E-state index in [4.69, 9.17) is 5.11 Å². The molecule has 0 aromatic heterocycles. The first-order valence-electron chi connectivity index (χ1n) is 3.97. The molecule has 62 valence electrons. The van der Waals surface area contributed by atoms with Crippen LogP contribution in [-0.4, -0.2) is 17.5 Å². The summed E-state index contributed by atoms with van der Waals surface area (Å²) in [5.74, 6) is 2.03. The van der Waals surface area contributed by atoms with E-state index in [0.29, 0.717) is 18.4 Å². The molecule has 1 N–H and O–H groups in total. The largest absolute Gasteiger partial charge is 0.396 e. The van der Waals surface area contributed by atoms with E-state index in [9.17, 15) is 0 Å². The highest BCUT2D eigenvalue weighted by atomic mass is 32.1. The molecule has 0 aromatic rings. The van der Waals surface area contributed by atoms with E-state index in [1.54, 1.807) is 0 Å². The lowest BCUT2D eigenvalue weighted by Gasteiger charge is -2.19. The van der Waals surface area contributed by atoms with Crippen molar-refractivity contribution < 1.29 is 5.11 Å². The average Bonchev–Trinajstić information content (AvgIpc) is 1.99. The maximum atomic E-state index is 8.84. The number of rotatable bonds is 5. The van der Waals surface area contributed by atoms with Gasteiger partial charge in [0, 0.05) is 6.61 Å². The van der Waals surface area contributed by atoms with E-state index >= 15 is 0 Å². The van der Waals surface area contributed by atoms with Crippen molar-refractivity contribution in [2.45, 2.75) is 26.7 Å². The fraction of sp³-hybridized carbons (Fsp3) is 1.00. The van der Waals surface area contributed by atoms with E-state index < -0.39 is 0 Å². The predicted molar refractivity (Wildman–Crippen MR) is 48.5 cm³/mol. The summed E-state index contributed by atoms with van der Waals surface area (Å²) in [6.07, 6.45) is 2.28. The monoisotopic (exact) mass is 162 g/mol. The molecule has 0 saturated heterocycles. The normalized spacial score (nSPS) is 16.8. The van der Waals surface area contributed by atoms with Crippen LogP contribution in [0.25, 0.3) is 0 Å². The van der Waals surface area contributed by atoms with E-state index in [2.05, 4.69) is 26.5 Å². The van der Waals surface area contributed by atoms with Gasteiger partial charge < -0.3 is 5.11 Å². The van der Waals surface area contributed by atoms with Crippen LogP contribution in [-0.2, 0) is 0 Å². The van der Waals surface area contributed by atoms with Crippen LogP contribution < -0.4 is 0 Å². The molecule has 0 heterocycles. The van der Waals surface area contributed by atoms with Crippen molar-refractivity contribution in [3.63, 3.8) is 0 Å². The smallest absolute Gasteiger partial charge is 0.0459 e. The average molecular weight is 162 g/mol. The minimum atomic E-state index is 0.312. The third-order valence-electron chi connectivity index (χ3n) is 2.12. The molecule has 0 spiro atoms. The Labute approximate surface area is 69.2 Å². The molecule has 0 radical (unpaired) electrons. The third-order valence-corrected chi connectivity index (χ3v) is 2.38. The molecule has 0 aromatic carbocycles. The molecule has 0 saturated carbocycles. The maximum Gasteiger partial charge on any atom is 0.0459 e. The van der Waals surface area contributed by atoms with Gasteiger partial charge in [0.25, 0.3) is 0 Å². The Morgan fingerprint density at radius 3 is 2.40 bits per heavy atom. The van der Waals surface area contributed by atoms with Crippen LogP contribution in [0.3, 0.4) is 0 Å². The molecule has 2 heteroatoms. The zero-order chi connectivity index (χ0) is 7.98. The summed E-state index contributed by atoms with van der Waals surface area (Å²) in [6, 6.07) is 0. The van der Waals surface area contributed by atoms with Crippen LogP contribution in [0, 0.1) is 11.8 Å². The minimum absolute atomic E-state index is 0.312. The number of hydrogen-bond acceptors (Lipinski definition) is 2. The molecule has 0 aliphatic carbocycles. The van der Waals surface area contributed by atoms with Crippen molar-refractivity contribution in [3.8, 4) is 0 Å². The lowest BCUT2D eigenvalue weighted by molar-refractivity contribution is 0.182. The Morgan fingerprint density at radius 1 is 1.50 bits per heavy atom. The Morgan fingerprint density at radius 2 is 2.10 bits per heavy atom. The van der Waals surface area contributed by atoms with Crippen molar-refractivity contribution >= 4 is 12.6 Å². The van der Waals surface area contributed by atoms with E-state index in [0.717, 1.165) is 18.6 Å². The lowest BCUT2D eigenvalue weighted by atomic mass is 9.90. The van der Waals surface area contributed by atoms with Gasteiger partial charge in [-0.1, -0.05) is 20.3 Å². The molecule has 0 amide bonds. The number of aliphatic hydroxyl groups excluding tert-OH is 1. The second-order valence-corrected chi connectivity index (χ2v) is 3.29.